The molecule has 3 nitrogen and oxygen atoms in total. The number of likely N-dealkylation sites (N-methyl/N-ethyl adjacent to an activating group) is 1. The van der Waals surface area contributed by atoms with E-state index >= 15 is 0 Å². The highest BCUT2D eigenvalue weighted by molar-refractivity contribution is 5.40. The van der Waals surface area contributed by atoms with Crippen LogP contribution in [0.25, 0.3) is 0 Å². The predicted molar refractivity (Wildman–Crippen MR) is 81.7 cm³/mol. The first-order valence-electron chi connectivity index (χ1n) is 7.40. The molecule has 1 aromatic heterocycles. The second kappa shape index (κ2) is 5.91. The summed E-state index contributed by atoms with van der Waals surface area (Å²) in [4.78, 5) is 9.53. The molecule has 0 unspecified atom stereocenters. The number of hydrogen-bond donors (Lipinski definition) is 0. The van der Waals surface area contributed by atoms with Crippen LogP contribution < -0.4 is 4.90 Å². The highest BCUT2D eigenvalue weighted by Gasteiger charge is 2.17. The van der Waals surface area contributed by atoms with Crippen LogP contribution in [0.2, 0.25) is 0 Å². The maximum Gasteiger partial charge on any atom is 0.128 e. The summed E-state index contributed by atoms with van der Waals surface area (Å²) in [6, 6.07) is 4.42. The van der Waals surface area contributed by atoms with Crippen LogP contribution in [0, 0.1) is 5.41 Å². The van der Waals surface area contributed by atoms with Gasteiger partial charge in [0.2, 0.25) is 0 Å². The number of hydrogen-bond acceptors (Lipinski definition) is 3. The molecule has 1 aliphatic heterocycles. The van der Waals surface area contributed by atoms with E-state index in [2.05, 4.69) is 54.6 Å². The number of aromatic nitrogens is 1. The van der Waals surface area contributed by atoms with Gasteiger partial charge in [0.05, 0.1) is 0 Å². The third kappa shape index (κ3) is 4.20. The molecule has 0 radical (unpaired) electrons. The molecule has 1 fully saturated rings. The molecule has 0 amide bonds. The Morgan fingerprint density at radius 1 is 1.11 bits per heavy atom. The van der Waals surface area contributed by atoms with Crippen LogP contribution in [-0.4, -0.2) is 42.6 Å². The fourth-order valence-corrected chi connectivity index (χ4v) is 2.61. The van der Waals surface area contributed by atoms with Gasteiger partial charge in [0.1, 0.15) is 5.82 Å². The van der Waals surface area contributed by atoms with Crippen LogP contribution in [-0.2, 0) is 6.42 Å². The van der Waals surface area contributed by atoms with Crippen molar-refractivity contribution in [2.45, 2.75) is 34.1 Å². The van der Waals surface area contributed by atoms with Gasteiger partial charge in [-0.05, 0) is 30.0 Å². The lowest BCUT2D eigenvalue weighted by Crippen LogP contribution is -2.46. The van der Waals surface area contributed by atoms with Crippen molar-refractivity contribution in [3.05, 3.63) is 23.9 Å². The number of anilines is 1. The van der Waals surface area contributed by atoms with Crippen LogP contribution >= 0.6 is 0 Å². The Labute approximate surface area is 117 Å². The predicted octanol–water partition coefficient (Wildman–Crippen LogP) is 2.81. The molecule has 1 aromatic rings. The largest absolute Gasteiger partial charge is 0.354 e. The van der Waals surface area contributed by atoms with Crippen molar-refractivity contribution < 1.29 is 0 Å². The standard InChI is InChI=1S/C16H27N3/c1-5-18-8-10-19(11-9-18)15-7-6-14(13-17-15)12-16(2,3)4/h6-7,13H,5,8-12H2,1-4H3. The molecule has 0 bridgehead atoms. The van der Waals surface area contributed by atoms with E-state index < -0.39 is 0 Å². The van der Waals surface area contributed by atoms with Crippen molar-refractivity contribution in [2.24, 2.45) is 5.41 Å². The molecule has 1 saturated heterocycles. The number of rotatable bonds is 3. The van der Waals surface area contributed by atoms with Crippen LogP contribution in [0.3, 0.4) is 0 Å². The van der Waals surface area contributed by atoms with Gasteiger partial charge < -0.3 is 9.80 Å². The van der Waals surface area contributed by atoms with E-state index in [1.807, 2.05) is 6.20 Å². The summed E-state index contributed by atoms with van der Waals surface area (Å²) < 4.78 is 0. The van der Waals surface area contributed by atoms with Crippen molar-refractivity contribution >= 4 is 5.82 Å². The number of piperazine rings is 1. The molecule has 0 spiro atoms. The summed E-state index contributed by atoms with van der Waals surface area (Å²) in [7, 11) is 0. The summed E-state index contributed by atoms with van der Waals surface area (Å²) >= 11 is 0. The Morgan fingerprint density at radius 3 is 2.26 bits per heavy atom. The van der Waals surface area contributed by atoms with E-state index in [1.54, 1.807) is 0 Å². The van der Waals surface area contributed by atoms with E-state index in [4.69, 9.17) is 0 Å². The van der Waals surface area contributed by atoms with Gasteiger partial charge in [-0.25, -0.2) is 4.98 Å². The topological polar surface area (TPSA) is 19.4 Å². The fraction of sp³-hybridized carbons (Fsp3) is 0.688. The quantitative estimate of drug-likeness (QED) is 0.834. The smallest absolute Gasteiger partial charge is 0.128 e. The number of nitrogens with zero attached hydrogens (tertiary/aromatic N) is 3. The lowest BCUT2D eigenvalue weighted by Gasteiger charge is -2.34. The highest BCUT2D eigenvalue weighted by Crippen LogP contribution is 2.21. The molecule has 0 atom stereocenters. The Hall–Kier alpha value is -1.09. The third-order valence-electron chi connectivity index (χ3n) is 3.69. The molecule has 2 rings (SSSR count). The molecular weight excluding hydrogens is 234 g/mol. The fourth-order valence-electron chi connectivity index (χ4n) is 2.61. The molecule has 3 heteroatoms. The van der Waals surface area contributed by atoms with Gasteiger partial charge in [-0.3, -0.25) is 0 Å². The van der Waals surface area contributed by atoms with Gasteiger partial charge in [-0.2, -0.15) is 0 Å². The van der Waals surface area contributed by atoms with Gasteiger partial charge in [0, 0.05) is 32.4 Å². The maximum atomic E-state index is 4.64. The van der Waals surface area contributed by atoms with E-state index in [1.165, 1.54) is 5.56 Å². The Kier molecular flexibility index (Phi) is 4.46. The monoisotopic (exact) mass is 261 g/mol. The summed E-state index contributed by atoms with van der Waals surface area (Å²) in [5.74, 6) is 1.13. The SMILES string of the molecule is CCN1CCN(c2ccc(CC(C)(C)C)cn2)CC1. The van der Waals surface area contributed by atoms with E-state index in [-0.39, 0.29) is 0 Å². The summed E-state index contributed by atoms with van der Waals surface area (Å²) in [6.07, 6.45) is 3.14. The van der Waals surface area contributed by atoms with Crippen molar-refractivity contribution in [1.29, 1.82) is 0 Å². The maximum absolute atomic E-state index is 4.64. The molecule has 19 heavy (non-hydrogen) atoms. The molecule has 0 saturated carbocycles. The molecule has 1 aliphatic rings. The molecule has 2 heterocycles. The first kappa shape index (κ1) is 14.3. The van der Waals surface area contributed by atoms with Crippen molar-refractivity contribution in [2.75, 3.05) is 37.6 Å². The average Bonchev–Trinajstić information content (AvgIpc) is 2.38. The summed E-state index contributed by atoms with van der Waals surface area (Å²) in [6.45, 7) is 14.7. The van der Waals surface area contributed by atoms with Gasteiger partial charge in [0.15, 0.2) is 0 Å². The van der Waals surface area contributed by atoms with E-state index in [0.29, 0.717) is 5.41 Å². The second-order valence-corrected chi connectivity index (χ2v) is 6.68. The van der Waals surface area contributed by atoms with Crippen molar-refractivity contribution in [3.63, 3.8) is 0 Å². The first-order valence-corrected chi connectivity index (χ1v) is 7.40. The zero-order valence-electron chi connectivity index (χ0n) is 12.8. The van der Waals surface area contributed by atoms with Crippen molar-refractivity contribution in [3.8, 4) is 0 Å². The van der Waals surface area contributed by atoms with E-state index in [0.717, 1.165) is 45.0 Å². The average molecular weight is 261 g/mol. The van der Waals surface area contributed by atoms with Crippen LogP contribution in [0.1, 0.15) is 33.3 Å². The minimum absolute atomic E-state index is 0.329. The Bertz CT molecular complexity index is 383. The van der Waals surface area contributed by atoms with Crippen LogP contribution in [0.15, 0.2) is 18.3 Å². The second-order valence-electron chi connectivity index (χ2n) is 6.68. The molecule has 0 aliphatic carbocycles. The highest BCUT2D eigenvalue weighted by atomic mass is 15.3. The van der Waals surface area contributed by atoms with Gasteiger partial charge >= 0.3 is 0 Å². The van der Waals surface area contributed by atoms with E-state index in [9.17, 15) is 0 Å². The van der Waals surface area contributed by atoms with Gasteiger partial charge in [0.25, 0.3) is 0 Å². The van der Waals surface area contributed by atoms with Crippen LogP contribution in [0.4, 0.5) is 5.82 Å². The minimum atomic E-state index is 0.329. The minimum Gasteiger partial charge on any atom is -0.354 e. The van der Waals surface area contributed by atoms with Crippen LogP contribution in [0.5, 0.6) is 0 Å². The zero-order valence-corrected chi connectivity index (χ0v) is 12.8. The summed E-state index contributed by atoms with van der Waals surface area (Å²) in [5.41, 5.74) is 1.67. The lowest BCUT2D eigenvalue weighted by atomic mass is 9.89. The van der Waals surface area contributed by atoms with Crippen molar-refractivity contribution in [1.82, 2.24) is 9.88 Å². The third-order valence-corrected chi connectivity index (χ3v) is 3.69. The van der Waals surface area contributed by atoms with Gasteiger partial charge in [-0.15, -0.1) is 0 Å². The number of pyridine rings is 1. The summed E-state index contributed by atoms with van der Waals surface area (Å²) in [5, 5.41) is 0. The Balaban J connectivity index is 1.95. The normalized spacial score (nSPS) is 17.8. The zero-order chi connectivity index (χ0) is 13.9. The molecule has 0 N–H and O–H groups in total. The molecular formula is C16H27N3. The molecule has 0 aromatic carbocycles. The molecule has 106 valence electrons. The lowest BCUT2D eigenvalue weighted by molar-refractivity contribution is 0.270. The van der Waals surface area contributed by atoms with Gasteiger partial charge in [-0.1, -0.05) is 33.8 Å². The Morgan fingerprint density at radius 2 is 1.79 bits per heavy atom. The first-order chi connectivity index (χ1) is 8.98.